The first kappa shape index (κ1) is 17.9. The van der Waals surface area contributed by atoms with E-state index in [-0.39, 0.29) is 23.8 Å². The molecule has 2 atom stereocenters. The van der Waals surface area contributed by atoms with Crippen molar-refractivity contribution in [2.75, 3.05) is 26.2 Å². The summed E-state index contributed by atoms with van der Waals surface area (Å²) in [5.74, 6) is 0.506. The average molecular weight is 343 g/mol. The van der Waals surface area contributed by atoms with Gasteiger partial charge in [0.05, 0.1) is 12.0 Å². The van der Waals surface area contributed by atoms with Crippen LogP contribution in [-0.2, 0) is 16.0 Å². The van der Waals surface area contributed by atoms with Gasteiger partial charge in [-0.2, -0.15) is 0 Å². The van der Waals surface area contributed by atoms with Crippen LogP contribution in [0.5, 0.6) is 0 Å². The molecule has 136 valence electrons. The number of likely N-dealkylation sites (tertiary alicyclic amines) is 2. The summed E-state index contributed by atoms with van der Waals surface area (Å²) in [5.41, 5.74) is 6.78. The van der Waals surface area contributed by atoms with Crippen LogP contribution >= 0.6 is 0 Å². The molecule has 5 nitrogen and oxygen atoms in total. The number of carbonyl (C=O) groups is 2. The Kier molecular flexibility index (Phi) is 5.74. The number of benzene rings is 1. The lowest BCUT2D eigenvalue weighted by Gasteiger charge is -2.35. The van der Waals surface area contributed by atoms with E-state index in [1.165, 1.54) is 5.56 Å². The van der Waals surface area contributed by atoms with E-state index in [4.69, 9.17) is 5.73 Å². The summed E-state index contributed by atoms with van der Waals surface area (Å²) in [6.45, 7) is 5.04. The Labute approximate surface area is 150 Å². The number of carbonyl (C=O) groups excluding carboxylic acids is 2. The predicted octanol–water partition coefficient (Wildman–Crippen LogP) is 1.66. The molecule has 0 saturated carbocycles. The van der Waals surface area contributed by atoms with Crippen molar-refractivity contribution in [3.05, 3.63) is 35.9 Å². The predicted molar refractivity (Wildman–Crippen MR) is 97.8 cm³/mol. The second-order valence-corrected chi connectivity index (χ2v) is 7.52. The number of hydrogen-bond acceptors (Lipinski definition) is 3. The molecule has 2 heterocycles. The molecule has 3 rings (SSSR count). The molecule has 2 aliphatic rings. The molecule has 0 unspecified atom stereocenters. The molecule has 25 heavy (non-hydrogen) atoms. The van der Waals surface area contributed by atoms with Gasteiger partial charge in [-0.25, -0.2) is 0 Å². The standard InChI is InChI=1S/C20H29N3O2/c1-15(23-12-9-18(14-23)19(21)24)20(25)22-10-7-17(8-11-22)13-16-5-3-2-4-6-16/h2-6,15,17-18H,7-14H2,1H3,(H2,21,24)/t15-,18-/m1/s1. The van der Waals surface area contributed by atoms with Crippen LogP contribution < -0.4 is 5.73 Å². The van der Waals surface area contributed by atoms with Gasteiger partial charge in [-0.1, -0.05) is 30.3 Å². The first-order chi connectivity index (χ1) is 12.0. The van der Waals surface area contributed by atoms with E-state index in [9.17, 15) is 9.59 Å². The number of primary amides is 1. The summed E-state index contributed by atoms with van der Waals surface area (Å²) in [7, 11) is 0. The Morgan fingerprint density at radius 2 is 1.80 bits per heavy atom. The van der Waals surface area contributed by atoms with Gasteiger partial charge in [-0.05, 0) is 50.6 Å². The topological polar surface area (TPSA) is 66.6 Å². The monoisotopic (exact) mass is 343 g/mol. The molecular formula is C20H29N3O2. The summed E-state index contributed by atoms with van der Waals surface area (Å²) >= 11 is 0. The van der Waals surface area contributed by atoms with Gasteiger partial charge >= 0.3 is 0 Å². The Balaban J connectivity index is 1.47. The molecule has 2 saturated heterocycles. The molecular weight excluding hydrogens is 314 g/mol. The van der Waals surface area contributed by atoms with Gasteiger partial charge in [0.25, 0.3) is 0 Å². The van der Waals surface area contributed by atoms with Gasteiger partial charge in [0.1, 0.15) is 0 Å². The van der Waals surface area contributed by atoms with E-state index in [0.717, 1.165) is 45.3 Å². The Morgan fingerprint density at radius 3 is 2.40 bits per heavy atom. The van der Waals surface area contributed by atoms with Crippen molar-refractivity contribution in [3.63, 3.8) is 0 Å². The molecule has 1 aromatic rings. The van der Waals surface area contributed by atoms with E-state index in [2.05, 4.69) is 29.2 Å². The summed E-state index contributed by atoms with van der Waals surface area (Å²) < 4.78 is 0. The van der Waals surface area contributed by atoms with Gasteiger partial charge in [-0.15, -0.1) is 0 Å². The molecule has 0 radical (unpaired) electrons. The lowest BCUT2D eigenvalue weighted by Crippen LogP contribution is -2.49. The zero-order chi connectivity index (χ0) is 17.8. The molecule has 0 aromatic heterocycles. The second-order valence-electron chi connectivity index (χ2n) is 7.52. The highest BCUT2D eigenvalue weighted by Gasteiger charge is 2.34. The lowest BCUT2D eigenvalue weighted by atomic mass is 9.90. The van der Waals surface area contributed by atoms with Crippen LogP contribution in [0.3, 0.4) is 0 Å². The zero-order valence-corrected chi connectivity index (χ0v) is 15.1. The number of nitrogens with two attached hydrogens (primary N) is 1. The van der Waals surface area contributed by atoms with Crippen LogP contribution in [0.15, 0.2) is 30.3 Å². The molecule has 1 aromatic carbocycles. The third-order valence-corrected chi connectivity index (χ3v) is 5.82. The number of hydrogen-bond donors (Lipinski definition) is 1. The fourth-order valence-corrected chi connectivity index (χ4v) is 4.10. The van der Waals surface area contributed by atoms with Crippen molar-refractivity contribution in [2.45, 2.75) is 38.6 Å². The average Bonchev–Trinajstić information content (AvgIpc) is 3.12. The highest BCUT2D eigenvalue weighted by Crippen LogP contribution is 2.24. The van der Waals surface area contributed by atoms with Gasteiger partial charge in [0, 0.05) is 19.6 Å². The largest absolute Gasteiger partial charge is 0.369 e. The van der Waals surface area contributed by atoms with Crippen LogP contribution in [0.1, 0.15) is 31.7 Å². The van der Waals surface area contributed by atoms with Crippen LogP contribution in [-0.4, -0.2) is 53.8 Å². The first-order valence-corrected chi connectivity index (χ1v) is 9.40. The molecule has 2 fully saturated rings. The molecule has 2 N–H and O–H groups in total. The molecule has 0 bridgehead atoms. The minimum absolute atomic E-state index is 0.105. The summed E-state index contributed by atoms with van der Waals surface area (Å²) in [6.07, 6.45) is 4.01. The molecule has 2 amide bonds. The van der Waals surface area contributed by atoms with Crippen LogP contribution in [0.2, 0.25) is 0 Å². The molecule has 2 aliphatic heterocycles. The summed E-state index contributed by atoms with van der Waals surface area (Å²) in [5, 5.41) is 0. The number of piperidine rings is 1. The Hall–Kier alpha value is -1.88. The van der Waals surface area contributed by atoms with Crippen molar-refractivity contribution in [3.8, 4) is 0 Å². The highest BCUT2D eigenvalue weighted by atomic mass is 16.2. The fraction of sp³-hybridized carbons (Fsp3) is 0.600. The minimum Gasteiger partial charge on any atom is -0.369 e. The maximum absolute atomic E-state index is 12.8. The molecule has 0 spiro atoms. The Morgan fingerprint density at radius 1 is 1.12 bits per heavy atom. The third-order valence-electron chi connectivity index (χ3n) is 5.82. The van der Waals surface area contributed by atoms with E-state index in [1.54, 1.807) is 0 Å². The maximum Gasteiger partial charge on any atom is 0.239 e. The van der Waals surface area contributed by atoms with E-state index >= 15 is 0 Å². The minimum atomic E-state index is -0.246. The van der Waals surface area contributed by atoms with E-state index in [1.807, 2.05) is 17.9 Å². The maximum atomic E-state index is 12.8. The van der Waals surface area contributed by atoms with Gasteiger partial charge in [0.2, 0.25) is 11.8 Å². The second kappa shape index (κ2) is 8.00. The SMILES string of the molecule is C[C@H](C(=O)N1CCC(Cc2ccccc2)CC1)N1CC[C@@H](C(N)=O)C1. The van der Waals surface area contributed by atoms with Crippen LogP contribution in [0, 0.1) is 11.8 Å². The number of rotatable bonds is 5. The van der Waals surface area contributed by atoms with Crippen molar-refractivity contribution >= 4 is 11.8 Å². The van der Waals surface area contributed by atoms with Gasteiger partial charge in [-0.3, -0.25) is 14.5 Å². The third kappa shape index (κ3) is 4.40. The van der Waals surface area contributed by atoms with Crippen molar-refractivity contribution < 1.29 is 9.59 Å². The highest BCUT2D eigenvalue weighted by molar-refractivity contribution is 5.82. The van der Waals surface area contributed by atoms with E-state index < -0.39 is 0 Å². The normalized spacial score (nSPS) is 23.6. The van der Waals surface area contributed by atoms with Gasteiger partial charge in [0.15, 0.2) is 0 Å². The first-order valence-electron chi connectivity index (χ1n) is 9.40. The summed E-state index contributed by atoms with van der Waals surface area (Å²) in [6, 6.07) is 10.4. The van der Waals surface area contributed by atoms with Crippen molar-refractivity contribution in [1.82, 2.24) is 9.80 Å². The fourth-order valence-electron chi connectivity index (χ4n) is 4.10. The quantitative estimate of drug-likeness (QED) is 0.884. The molecule has 5 heteroatoms. The van der Waals surface area contributed by atoms with Gasteiger partial charge < -0.3 is 10.6 Å². The van der Waals surface area contributed by atoms with Crippen molar-refractivity contribution in [1.29, 1.82) is 0 Å². The number of amides is 2. The number of nitrogens with zero attached hydrogens (tertiary/aromatic N) is 2. The van der Waals surface area contributed by atoms with Crippen molar-refractivity contribution in [2.24, 2.45) is 17.6 Å². The smallest absolute Gasteiger partial charge is 0.239 e. The molecule has 0 aliphatic carbocycles. The van der Waals surface area contributed by atoms with E-state index in [0.29, 0.717) is 12.5 Å². The van der Waals surface area contributed by atoms with Crippen LogP contribution in [0.25, 0.3) is 0 Å². The zero-order valence-electron chi connectivity index (χ0n) is 15.1. The lowest BCUT2D eigenvalue weighted by molar-refractivity contribution is -0.137. The van der Waals surface area contributed by atoms with Crippen LogP contribution in [0.4, 0.5) is 0 Å². The Bertz CT molecular complexity index is 596. The summed E-state index contributed by atoms with van der Waals surface area (Å²) in [4.78, 5) is 28.2.